The number of anilines is 1. The van der Waals surface area contributed by atoms with E-state index in [0.717, 1.165) is 5.56 Å². The largest absolute Gasteiger partial charge is 0.322 e. The Bertz CT molecular complexity index is 645. The van der Waals surface area contributed by atoms with E-state index in [1.165, 1.54) is 6.07 Å². The summed E-state index contributed by atoms with van der Waals surface area (Å²) in [5.41, 5.74) is 1.63. The zero-order chi connectivity index (χ0) is 14.0. The van der Waals surface area contributed by atoms with Gasteiger partial charge in [-0.25, -0.2) is 4.39 Å². The molecule has 19 heavy (non-hydrogen) atoms. The molecule has 5 heteroatoms. The predicted molar refractivity (Wildman–Crippen MR) is 78.2 cm³/mol. The predicted octanol–water partition coefficient (Wildman–Crippen LogP) is 4.80. The highest BCUT2D eigenvalue weighted by Crippen LogP contribution is 2.24. The van der Waals surface area contributed by atoms with Crippen LogP contribution in [0.15, 0.2) is 40.9 Å². The minimum absolute atomic E-state index is 0.327. The normalized spacial score (nSPS) is 10.3. The van der Waals surface area contributed by atoms with Gasteiger partial charge in [-0.3, -0.25) is 4.79 Å². The van der Waals surface area contributed by atoms with Gasteiger partial charge in [0.05, 0.1) is 4.47 Å². The number of carbonyl (C=O) groups is 1. The van der Waals surface area contributed by atoms with Gasteiger partial charge in [0.2, 0.25) is 0 Å². The monoisotopic (exact) mass is 341 g/mol. The van der Waals surface area contributed by atoms with Crippen molar-refractivity contribution in [2.24, 2.45) is 0 Å². The van der Waals surface area contributed by atoms with Crippen molar-refractivity contribution in [3.8, 4) is 0 Å². The molecule has 0 aliphatic rings. The minimum atomic E-state index is -0.424. The van der Waals surface area contributed by atoms with Crippen LogP contribution < -0.4 is 5.32 Å². The third kappa shape index (κ3) is 3.33. The quantitative estimate of drug-likeness (QED) is 0.834. The number of rotatable bonds is 2. The van der Waals surface area contributed by atoms with E-state index in [9.17, 15) is 9.18 Å². The lowest BCUT2D eigenvalue weighted by Gasteiger charge is -2.09. The zero-order valence-electron chi connectivity index (χ0n) is 10.0. The summed E-state index contributed by atoms with van der Waals surface area (Å²) >= 11 is 8.92. The fraction of sp³-hybridized carbons (Fsp3) is 0.0714. The summed E-state index contributed by atoms with van der Waals surface area (Å²) in [5, 5.41) is 3.14. The maximum absolute atomic E-state index is 13.5. The second kappa shape index (κ2) is 5.72. The Balaban J connectivity index is 2.27. The van der Waals surface area contributed by atoms with E-state index in [0.29, 0.717) is 20.7 Å². The molecule has 2 rings (SSSR count). The molecule has 0 saturated heterocycles. The average Bonchev–Trinajstić information content (AvgIpc) is 2.36. The van der Waals surface area contributed by atoms with Gasteiger partial charge in [0.15, 0.2) is 0 Å². The highest BCUT2D eigenvalue weighted by molar-refractivity contribution is 9.10. The summed E-state index contributed by atoms with van der Waals surface area (Å²) in [7, 11) is 0. The summed E-state index contributed by atoms with van der Waals surface area (Å²) in [4.78, 5) is 12.0. The second-order valence-electron chi connectivity index (χ2n) is 4.05. The molecule has 0 spiro atoms. The molecule has 0 unspecified atom stereocenters. The Morgan fingerprint density at radius 1 is 1.32 bits per heavy atom. The van der Waals surface area contributed by atoms with Gasteiger partial charge in [-0.15, -0.1) is 0 Å². The van der Waals surface area contributed by atoms with E-state index in [4.69, 9.17) is 11.6 Å². The molecule has 2 aromatic carbocycles. The molecule has 98 valence electrons. The first-order chi connectivity index (χ1) is 8.97. The van der Waals surface area contributed by atoms with E-state index in [-0.39, 0.29) is 5.91 Å². The molecule has 0 saturated carbocycles. The van der Waals surface area contributed by atoms with Crippen LogP contribution >= 0.6 is 27.5 Å². The van der Waals surface area contributed by atoms with Gasteiger partial charge in [0, 0.05) is 16.3 Å². The van der Waals surface area contributed by atoms with Crippen LogP contribution in [0, 0.1) is 12.7 Å². The van der Waals surface area contributed by atoms with Crippen molar-refractivity contribution in [1.29, 1.82) is 0 Å². The molecule has 2 aromatic rings. The Kier molecular flexibility index (Phi) is 4.22. The van der Waals surface area contributed by atoms with E-state index in [2.05, 4.69) is 21.2 Å². The molecule has 0 aliphatic carbocycles. The van der Waals surface area contributed by atoms with Crippen LogP contribution in [0.25, 0.3) is 0 Å². The van der Waals surface area contributed by atoms with Gasteiger partial charge in [-0.05, 0) is 58.7 Å². The van der Waals surface area contributed by atoms with Crippen LogP contribution in [0.4, 0.5) is 10.1 Å². The van der Waals surface area contributed by atoms with Crippen molar-refractivity contribution in [2.45, 2.75) is 6.92 Å². The maximum Gasteiger partial charge on any atom is 0.255 e. The Hall–Kier alpha value is -1.39. The third-order valence-corrected chi connectivity index (χ3v) is 3.45. The highest BCUT2D eigenvalue weighted by Gasteiger charge is 2.10. The first-order valence-corrected chi connectivity index (χ1v) is 6.67. The minimum Gasteiger partial charge on any atom is -0.322 e. The molecule has 0 radical (unpaired) electrons. The molecule has 2 nitrogen and oxygen atoms in total. The summed E-state index contributed by atoms with van der Waals surface area (Å²) in [6.07, 6.45) is 0. The summed E-state index contributed by atoms with van der Waals surface area (Å²) in [6.45, 7) is 1.79. The summed E-state index contributed by atoms with van der Waals surface area (Å²) in [6, 6.07) is 9.47. The van der Waals surface area contributed by atoms with Gasteiger partial charge >= 0.3 is 0 Å². The Labute approximate surface area is 123 Å². The van der Waals surface area contributed by atoms with Gasteiger partial charge in [-0.2, -0.15) is 0 Å². The van der Waals surface area contributed by atoms with Crippen molar-refractivity contribution in [2.75, 3.05) is 5.32 Å². The molecule has 0 atom stereocenters. The molecule has 0 aromatic heterocycles. The molecule has 0 heterocycles. The maximum atomic E-state index is 13.5. The standard InChI is InChI=1S/C14H10BrClFNO/c1-8-5-11(15)12(17)7-13(8)18-14(19)9-3-2-4-10(16)6-9/h2-7H,1H3,(H,18,19). The SMILES string of the molecule is Cc1cc(Br)c(F)cc1NC(=O)c1cccc(Cl)c1. The first kappa shape index (κ1) is 14.0. The number of benzene rings is 2. The smallest absolute Gasteiger partial charge is 0.255 e. The van der Waals surface area contributed by atoms with Crippen LogP contribution in [-0.2, 0) is 0 Å². The average molecular weight is 343 g/mol. The fourth-order valence-corrected chi connectivity index (χ4v) is 2.25. The second-order valence-corrected chi connectivity index (χ2v) is 5.34. The third-order valence-electron chi connectivity index (χ3n) is 2.60. The lowest BCUT2D eigenvalue weighted by Crippen LogP contribution is -2.13. The van der Waals surface area contributed by atoms with Gasteiger partial charge in [0.25, 0.3) is 5.91 Å². The van der Waals surface area contributed by atoms with Crippen LogP contribution in [0.5, 0.6) is 0 Å². The van der Waals surface area contributed by atoms with Crippen molar-refractivity contribution >= 4 is 39.1 Å². The van der Waals surface area contributed by atoms with Crippen LogP contribution in [0.2, 0.25) is 5.02 Å². The molecule has 0 bridgehead atoms. The van der Waals surface area contributed by atoms with Gasteiger partial charge < -0.3 is 5.32 Å². The van der Waals surface area contributed by atoms with E-state index >= 15 is 0 Å². The molecule has 0 fully saturated rings. The molecule has 1 amide bonds. The van der Waals surface area contributed by atoms with Crippen LogP contribution in [0.1, 0.15) is 15.9 Å². The van der Waals surface area contributed by atoms with Crippen molar-refractivity contribution < 1.29 is 9.18 Å². The Morgan fingerprint density at radius 2 is 2.05 bits per heavy atom. The summed E-state index contributed by atoms with van der Waals surface area (Å²) < 4.78 is 13.8. The van der Waals surface area contributed by atoms with Crippen molar-refractivity contribution in [3.05, 3.63) is 62.8 Å². The lowest BCUT2D eigenvalue weighted by molar-refractivity contribution is 0.102. The fourth-order valence-electron chi connectivity index (χ4n) is 1.61. The number of hydrogen-bond acceptors (Lipinski definition) is 1. The molecule has 1 N–H and O–H groups in total. The topological polar surface area (TPSA) is 29.1 Å². The van der Waals surface area contributed by atoms with E-state index in [1.807, 2.05) is 0 Å². The number of halogens is 3. The molecular weight excluding hydrogens is 333 g/mol. The van der Waals surface area contributed by atoms with Crippen LogP contribution in [0.3, 0.4) is 0 Å². The Morgan fingerprint density at radius 3 is 2.74 bits per heavy atom. The van der Waals surface area contributed by atoms with Gasteiger partial charge in [0.1, 0.15) is 5.82 Å². The lowest BCUT2D eigenvalue weighted by atomic mass is 10.1. The van der Waals surface area contributed by atoms with Crippen molar-refractivity contribution in [3.63, 3.8) is 0 Å². The van der Waals surface area contributed by atoms with Crippen molar-refractivity contribution in [1.82, 2.24) is 0 Å². The zero-order valence-corrected chi connectivity index (χ0v) is 12.3. The first-order valence-electron chi connectivity index (χ1n) is 5.50. The van der Waals surface area contributed by atoms with E-state index in [1.54, 1.807) is 37.3 Å². The number of aryl methyl sites for hydroxylation is 1. The number of amides is 1. The summed E-state index contributed by atoms with van der Waals surface area (Å²) in [5.74, 6) is -0.751. The number of nitrogens with one attached hydrogen (secondary N) is 1. The van der Waals surface area contributed by atoms with Gasteiger partial charge in [-0.1, -0.05) is 17.7 Å². The number of carbonyl (C=O) groups excluding carboxylic acids is 1. The molecule has 0 aliphatic heterocycles. The van der Waals surface area contributed by atoms with E-state index < -0.39 is 5.82 Å². The highest BCUT2D eigenvalue weighted by atomic mass is 79.9. The van der Waals surface area contributed by atoms with Crippen LogP contribution in [-0.4, -0.2) is 5.91 Å². The number of hydrogen-bond donors (Lipinski definition) is 1. The molecular formula is C14H10BrClFNO.